The first-order valence-electron chi connectivity index (χ1n) is 8.17. The second kappa shape index (κ2) is 9.62. The summed E-state index contributed by atoms with van der Waals surface area (Å²) in [5.41, 5.74) is 5.64. The van der Waals surface area contributed by atoms with Crippen molar-refractivity contribution in [1.82, 2.24) is 5.32 Å². The molecule has 0 spiro atoms. The maximum atomic E-state index is 12.4. The summed E-state index contributed by atoms with van der Waals surface area (Å²) in [7, 11) is -0.699. The van der Waals surface area contributed by atoms with Crippen molar-refractivity contribution in [3.8, 4) is 11.5 Å². The highest BCUT2D eigenvalue weighted by Gasteiger charge is 2.20. The molecular formula is C17H28N2O5S. The Morgan fingerprint density at radius 2 is 1.84 bits per heavy atom. The number of hydrogen-bond donors (Lipinski definition) is 2. The highest BCUT2D eigenvalue weighted by atomic mass is 32.2. The Labute approximate surface area is 149 Å². The predicted octanol–water partition coefficient (Wildman–Crippen LogP) is 1.36. The fourth-order valence-electron chi connectivity index (χ4n) is 2.44. The molecule has 0 aromatic heterocycles. The van der Waals surface area contributed by atoms with Crippen LogP contribution in [0, 0.1) is 5.92 Å². The van der Waals surface area contributed by atoms with E-state index in [0.717, 1.165) is 6.42 Å². The van der Waals surface area contributed by atoms with Gasteiger partial charge < -0.3 is 20.5 Å². The zero-order valence-corrected chi connectivity index (χ0v) is 16.1. The molecule has 1 aromatic rings. The van der Waals surface area contributed by atoms with Gasteiger partial charge in [-0.15, -0.1) is 0 Å². The Morgan fingerprint density at radius 1 is 1.20 bits per heavy atom. The molecule has 3 N–H and O–H groups in total. The molecule has 0 aliphatic heterocycles. The van der Waals surface area contributed by atoms with Crippen LogP contribution in [0.1, 0.15) is 26.7 Å². The van der Waals surface area contributed by atoms with Crippen molar-refractivity contribution in [2.24, 2.45) is 11.7 Å². The Balaban J connectivity index is 2.73. The molecule has 142 valence electrons. The molecule has 0 aliphatic rings. The van der Waals surface area contributed by atoms with Gasteiger partial charge in [-0.2, -0.15) is 0 Å². The van der Waals surface area contributed by atoms with Crippen molar-refractivity contribution >= 4 is 15.7 Å². The lowest BCUT2D eigenvalue weighted by Gasteiger charge is -2.18. The zero-order valence-electron chi connectivity index (χ0n) is 15.2. The summed E-state index contributed by atoms with van der Waals surface area (Å²) < 4.78 is 35.1. The van der Waals surface area contributed by atoms with Crippen molar-refractivity contribution in [1.29, 1.82) is 0 Å². The Morgan fingerprint density at radius 3 is 2.36 bits per heavy atom. The van der Waals surface area contributed by atoms with Crippen LogP contribution in [-0.4, -0.2) is 46.9 Å². The number of nitrogens with one attached hydrogen (secondary N) is 1. The topological polar surface area (TPSA) is 108 Å². The van der Waals surface area contributed by atoms with Gasteiger partial charge in [0, 0.05) is 25.1 Å². The predicted molar refractivity (Wildman–Crippen MR) is 96.7 cm³/mol. The lowest BCUT2D eigenvalue weighted by Crippen LogP contribution is -2.41. The smallest absolute Gasteiger partial charge is 0.221 e. The third-order valence-corrected chi connectivity index (χ3v) is 5.43. The van der Waals surface area contributed by atoms with Crippen LogP contribution >= 0.6 is 0 Å². The van der Waals surface area contributed by atoms with Gasteiger partial charge in [0.1, 0.15) is 0 Å². The monoisotopic (exact) mass is 372 g/mol. The summed E-state index contributed by atoms with van der Waals surface area (Å²) in [5.74, 6) is 0.559. The summed E-state index contributed by atoms with van der Waals surface area (Å²) in [6.45, 7) is 4.40. The summed E-state index contributed by atoms with van der Waals surface area (Å²) >= 11 is 0. The summed E-state index contributed by atoms with van der Waals surface area (Å²) in [6.07, 6.45) is 0.635. The SMILES string of the molecule is COc1ccc(S(=O)(=O)CCC(=O)NC(CN)CC(C)C)cc1OC. The Hall–Kier alpha value is -1.80. The van der Waals surface area contributed by atoms with E-state index in [-0.39, 0.29) is 29.0 Å². The lowest BCUT2D eigenvalue weighted by molar-refractivity contribution is -0.121. The second-order valence-corrected chi connectivity index (χ2v) is 8.32. The van der Waals surface area contributed by atoms with Gasteiger partial charge in [-0.3, -0.25) is 4.79 Å². The van der Waals surface area contributed by atoms with Gasteiger partial charge in [0.05, 0.1) is 24.9 Å². The van der Waals surface area contributed by atoms with Crippen molar-refractivity contribution in [3.63, 3.8) is 0 Å². The molecule has 0 aliphatic carbocycles. The van der Waals surface area contributed by atoms with E-state index in [4.69, 9.17) is 15.2 Å². The molecular weight excluding hydrogens is 344 g/mol. The molecule has 1 unspecified atom stereocenters. The van der Waals surface area contributed by atoms with Gasteiger partial charge in [0.25, 0.3) is 0 Å². The third kappa shape index (κ3) is 6.55. The van der Waals surface area contributed by atoms with E-state index in [0.29, 0.717) is 24.0 Å². The molecule has 0 bridgehead atoms. The van der Waals surface area contributed by atoms with E-state index in [9.17, 15) is 13.2 Å². The summed E-state index contributed by atoms with van der Waals surface area (Å²) in [4.78, 5) is 12.1. The number of sulfone groups is 1. The number of methoxy groups -OCH3 is 2. The van der Waals surface area contributed by atoms with E-state index in [2.05, 4.69) is 5.32 Å². The number of amides is 1. The zero-order chi connectivity index (χ0) is 19.0. The molecule has 8 heteroatoms. The Bertz CT molecular complexity index is 674. The normalized spacial score (nSPS) is 12.7. The molecule has 1 rings (SSSR count). The number of carbonyl (C=O) groups excluding carboxylic acids is 1. The number of benzene rings is 1. The average Bonchev–Trinajstić information content (AvgIpc) is 2.58. The van der Waals surface area contributed by atoms with E-state index in [1.807, 2.05) is 13.8 Å². The number of carbonyl (C=O) groups is 1. The second-order valence-electron chi connectivity index (χ2n) is 6.22. The van der Waals surface area contributed by atoms with Crippen molar-refractivity contribution in [2.75, 3.05) is 26.5 Å². The molecule has 0 radical (unpaired) electrons. The van der Waals surface area contributed by atoms with Crippen LogP contribution in [0.2, 0.25) is 0 Å². The average molecular weight is 372 g/mol. The molecule has 0 fully saturated rings. The van der Waals surface area contributed by atoms with Crippen LogP contribution in [0.15, 0.2) is 23.1 Å². The number of ether oxygens (including phenoxy) is 2. The van der Waals surface area contributed by atoms with Crippen LogP contribution in [0.5, 0.6) is 11.5 Å². The van der Waals surface area contributed by atoms with Crippen LogP contribution in [0.3, 0.4) is 0 Å². The quantitative estimate of drug-likeness (QED) is 0.642. The maximum Gasteiger partial charge on any atom is 0.221 e. The summed E-state index contributed by atoms with van der Waals surface area (Å²) in [6, 6.07) is 4.22. The van der Waals surface area contributed by atoms with Gasteiger partial charge in [-0.05, 0) is 24.5 Å². The fourth-order valence-corrected chi connectivity index (χ4v) is 3.69. The van der Waals surface area contributed by atoms with Crippen molar-refractivity contribution in [3.05, 3.63) is 18.2 Å². The standard InChI is InChI=1S/C17H28N2O5S/c1-12(2)9-13(11-18)19-17(20)7-8-25(21,22)14-5-6-15(23-3)16(10-14)24-4/h5-6,10,12-13H,7-9,11,18H2,1-4H3,(H,19,20). The largest absolute Gasteiger partial charge is 0.493 e. The highest BCUT2D eigenvalue weighted by Crippen LogP contribution is 2.29. The van der Waals surface area contributed by atoms with Gasteiger partial charge in [0.2, 0.25) is 5.91 Å². The number of rotatable bonds is 10. The first kappa shape index (κ1) is 21.2. The van der Waals surface area contributed by atoms with Crippen molar-refractivity contribution < 1.29 is 22.7 Å². The first-order chi connectivity index (χ1) is 11.7. The van der Waals surface area contributed by atoms with Gasteiger partial charge in [0.15, 0.2) is 21.3 Å². The molecule has 1 amide bonds. The van der Waals surface area contributed by atoms with E-state index in [1.54, 1.807) is 0 Å². The number of nitrogens with two attached hydrogens (primary N) is 1. The molecule has 25 heavy (non-hydrogen) atoms. The Kier molecular flexibility index (Phi) is 8.18. The van der Waals surface area contributed by atoms with Crippen LogP contribution < -0.4 is 20.5 Å². The maximum absolute atomic E-state index is 12.4. The lowest BCUT2D eigenvalue weighted by atomic mass is 10.0. The van der Waals surface area contributed by atoms with Crippen LogP contribution in [-0.2, 0) is 14.6 Å². The molecule has 1 atom stereocenters. The van der Waals surface area contributed by atoms with E-state index in [1.165, 1.54) is 32.4 Å². The highest BCUT2D eigenvalue weighted by molar-refractivity contribution is 7.91. The third-order valence-electron chi connectivity index (χ3n) is 3.72. The number of hydrogen-bond acceptors (Lipinski definition) is 6. The molecule has 0 saturated carbocycles. The van der Waals surface area contributed by atoms with Gasteiger partial charge in [-0.25, -0.2) is 8.42 Å². The summed E-state index contributed by atoms with van der Waals surface area (Å²) in [5, 5.41) is 2.79. The van der Waals surface area contributed by atoms with E-state index >= 15 is 0 Å². The van der Waals surface area contributed by atoms with E-state index < -0.39 is 9.84 Å². The van der Waals surface area contributed by atoms with Crippen LogP contribution in [0.25, 0.3) is 0 Å². The fraction of sp³-hybridized carbons (Fsp3) is 0.588. The minimum Gasteiger partial charge on any atom is -0.493 e. The molecule has 0 heterocycles. The minimum absolute atomic E-state index is 0.0931. The molecule has 7 nitrogen and oxygen atoms in total. The minimum atomic E-state index is -3.61. The van der Waals surface area contributed by atoms with Crippen LogP contribution in [0.4, 0.5) is 0 Å². The molecule has 1 aromatic carbocycles. The van der Waals surface area contributed by atoms with Gasteiger partial charge in [-0.1, -0.05) is 13.8 Å². The van der Waals surface area contributed by atoms with Crippen molar-refractivity contribution in [2.45, 2.75) is 37.6 Å². The first-order valence-corrected chi connectivity index (χ1v) is 9.83. The van der Waals surface area contributed by atoms with Gasteiger partial charge >= 0.3 is 0 Å². The molecule has 0 saturated heterocycles.